The van der Waals surface area contributed by atoms with Gasteiger partial charge in [0.1, 0.15) is 0 Å². The molecule has 5 heteroatoms. The summed E-state index contributed by atoms with van der Waals surface area (Å²) >= 11 is 7.78. The number of rotatable bonds is 3. The lowest BCUT2D eigenvalue weighted by Gasteiger charge is -2.18. The normalized spacial score (nSPS) is 12.6. The van der Waals surface area contributed by atoms with Gasteiger partial charge in [-0.1, -0.05) is 61.9 Å². The van der Waals surface area contributed by atoms with Gasteiger partial charge in [-0.15, -0.1) is 6.58 Å². The highest BCUT2D eigenvalue weighted by Gasteiger charge is 2.15. The van der Waals surface area contributed by atoms with E-state index in [1.807, 2.05) is 47.9 Å². The number of carbonyl (C=O) groups excluding carboxylic acids is 1. The van der Waals surface area contributed by atoms with Gasteiger partial charge in [0.05, 0.1) is 10.2 Å². The van der Waals surface area contributed by atoms with E-state index in [-0.39, 0.29) is 11.3 Å². The Kier molecular flexibility index (Phi) is 5.41. The number of benzene rings is 2. The Morgan fingerprint density at radius 3 is 2.48 bits per heavy atom. The third-order valence-electron chi connectivity index (χ3n) is 4.54. The molecular weight excluding hydrogens is 376 g/mol. The van der Waals surface area contributed by atoms with Crippen molar-refractivity contribution in [2.75, 3.05) is 0 Å². The molecule has 27 heavy (non-hydrogen) atoms. The smallest absolute Gasteiger partial charge is 0.279 e. The Bertz CT molecular complexity index is 1080. The van der Waals surface area contributed by atoms with E-state index < -0.39 is 0 Å². The summed E-state index contributed by atoms with van der Waals surface area (Å²) in [5.41, 5.74) is 3.81. The molecule has 0 N–H and O–H groups in total. The monoisotopic (exact) mass is 398 g/mol. The van der Waals surface area contributed by atoms with Crippen molar-refractivity contribution in [3.63, 3.8) is 0 Å². The Balaban J connectivity index is 2.09. The lowest BCUT2D eigenvalue weighted by molar-refractivity contribution is 0.0998. The zero-order chi connectivity index (χ0) is 19.8. The SMILES string of the molecule is C=CCn1c(=NC(=O)c2ccc(C(C)(C)C)cc2)sc2ccc(Cl)c(C)c21. The molecule has 0 aliphatic rings. The first-order valence-corrected chi connectivity index (χ1v) is 10.0. The van der Waals surface area contributed by atoms with E-state index >= 15 is 0 Å². The number of hydrogen-bond donors (Lipinski definition) is 0. The highest BCUT2D eigenvalue weighted by Crippen LogP contribution is 2.27. The van der Waals surface area contributed by atoms with Crippen LogP contribution >= 0.6 is 22.9 Å². The molecule has 0 aliphatic carbocycles. The van der Waals surface area contributed by atoms with Gasteiger partial charge in [-0.2, -0.15) is 4.99 Å². The van der Waals surface area contributed by atoms with Crippen LogP contribution in [0.25, 0.3) is 10.2 Å². The van der Waals surface area contributed by atoms with Crippen LogP contribution in [0.3, 0.4) is 0 Å². The van der Waals surface area contributed by atoms with Gasteiger partial charge in [-0.3, -0.25) is 4.79 Å². The number of aryl methyl sites for hydroxylation is 1. The van der Waals surface area contributed by atoms with Crippen LogP contribution in [0.15, 0.2) is 54.0 Å². The molecule has 0 saturated carbocycles. The van der Waals surface area contributed by atoms with Crippen molar-refractivity contribution in [2.45, 2.75) is 39.7 Å². The summed E-state index contributed by atoms with van der Waals surface area (Å²) < 4.78 is 3.05. The largest absolute Gasteiger partial charge is 0.312 e. The van der Waals surface area contributed by atoms with E-state index in [4.69, 9.17) is 11.6 Å². The van der Waals surface area contributed by atoms with Crippen LogP contribution in [0.4, 0.5) is 0 Å². The minimum absolute atomic E-state index is 0.0496. The Morgan fingerprint density at radius 2 is 1.89 bits per heavy atom. The van der Waals surface area contributed by atoms with Gasteiger partial charge < -0.3 is 4.57 Å². The summed E-state index contributed by atoms with van der Waals surface area (Å²) in [6, 6.07) is 11.5. The number of hydrogen-bond acceptors (Lipinski definition) is 2. The van der Waals surface area contributed by atoms with Crippen LogP contribution in [0.2, 0.25) is 5.02 Å². The third-order valence-corrected chi connectivity index (χ3v) is 5.99. The standard InChI is InChI=1S/C22H23ClN2OS/c1-6-13-25-19-14(2)17(23)11-12-18(19)27-21(25)24-20(26)15-7-9-16(10-8-15)22(3,4)5/h6-12H,1,13H2,2-5H3. The summed E-state index contributed by atoms with van der Waals surface area (Å²) in [7, 11) is 0. The van der Waals surface area contributed by atoms with Crippen LogP contribution in [0.1, 0.15) is 42.3 Å². The summed E-state index contributed by atoms with van der Waals surface area (Å²) in [4.78, 5) is 17.8. The second-order valence-corrected chi connectivity index (χ2v) is 8.96. The molecule has 0 unspecified atom stereocenters. The Morgan fingerprint density at radius 1 is 1.22 bits per heavy atom. The van der Waals surface area contributed by atoms with E-state index in [0.717, 1.165) is 15.8 Å². The van der Waals surface area contributed by atoms with E-state index in [2.05, 4.69) is 32.3 Å². The maximum atomic E-state index is 12.7. The molecule has 140 valence electrons. The van der Waals surface area contributed by atoms with Gasteiger partial charge in [-0.25, -0.2) is 0 Å². The molecule has 0 spiro atoms. The minimum atomic E-state index is -0.247. The summed E-state index contributed by atoms with van der Waals surface area (Å²) in [5.74, 6) is -0.247. The van der Waals surface area contributed by atoms with Crippen LogP contribution in [0, 0.1) is 6.92 Å². The number of aromatic nitrogens is 1. The topological polar surface area (TPSA) is 34.4 Å². The van der Waals surface area contributed by atoms with Gasteiger partial charge in [0.15, 0.2) is 4.80 Å². The second kappa shape index (κ2) is 7.45. The number of allylic oxidation sites excluding steroid dienone is 1. The first-order chi connectivity index (χ1) is 12.7. The van der Waals surface area contributed by atoms with Crippen LogP contribution in [0.5, 0.6) is 0 Å². The van der Waals surface area contributed by atoms with E-state index in [0.29, 0.717) is 21.9 Å². The molecule has 0 aliphatic heterocycles. The number of halogens is 1. The highest BCUT2D eigenvalue weighted by molar-refractivity contribution is 7.16. The van der Waals surface area contributed by atoms with Crippen molar-refractivity contribution >= 4 is 39.1 Å². The number of thiazole rings is 1. The summed E-state index contributed by atoms with van der Waals surface area (Å²) in [6.45, 7) is 12.8. The molecule has 0 bridgehead atoms. The molecule has 1 heterocycles. The van der Waals surface area contributed by atoms with Crippen molar-refractivity contribution in [3.05, 3.63) is 75.6 Å². The van der Waals surface area contributed by atoms with Crippen LogP contribution in [-0.4, -0.2) is 10.5 Å². The average Bonchev–Trinajstić information content (AvgIpc) is 2.96. The number of carbonyl (C=O) groups is 1. The minimum Gasteiger partial charge on any atom is -0.312 e. The van der Waals surface area contributed by atoms with Gasteiger partial charge in [0.2, 0.25) is 0 Å². The summed E-state index contributed by atoms with van der Waals surface area (Å²) in [5, 5.41) is 0.703. The van der Waals surface area contributed by atoms with Crippen molar-refractivity contribution in [1.29, 1.82) is 0 Å². The number of fused-ring (bicyclic) bond motifs is 1. The fourth-order valence-corrected chi connectivity index (χ4v) is 4.21. The lowest BCUT2D eigenvalue weighted by Crippen LogP contribution is -2.17. The molecule has 0 radical (unpaired) electrons. The zero-order valence-corrected chi connectivity index (χ0v) is 17.6. The number of amides is 1. The van der Waals surface area contributed by atoms with Crippen molar-refractivity contribution < 1.29 is 4.79 Å². The summed E-state index contributed by atoms with van der Waals surface area (Å²) in [6.07, 6.45) is 1.80. The molecular formula is C22H23ClN2OS. The second-order valence-electron chi connectivity index (χ2n) is 7.55. The first-order valence-electron chi connectivity index (χ1n) is 8.81. The van der Waals surface area contributed by atoms with Gasteiger partial charge in [-0.05, 0) is 47.7 Å². The van der Waals surface area contributed by atoms with Gasteiger partial charge >= 0.3 is 0 Å². The van der Waals surface area contributed by atoms with E-state index in [1.165, 1.54) is 16.9 Å². The van der Waals surface area contributed by atoms with Crippen LogP contribution in [-0.2, 0) is 12.0 Å². The van der Waals surface area contributed by atoms with Gasteiger partial charge in [0.25, 0.3) is 5.91 Å². The predicted octanol–water partition coefficient (Wildman–Crippen LogP) is 5.89. The Hall–Kier alpha value is -2.17. The number of nitrogens with zero attached hydrogens (tertiary/aromatic N) is 2. The molecule has 1 amide bonds. The molecule has 3 rings (SSSR count). The molecule has 0 saturated heterocycles. The predicted molar refractivity (Wildman–Crippen MR) is 115 cm³/mol. The first kappa shape index (κ1) is 19.6. The van der Waals surface area contributed by atoms with Crippen molar-refractivity contribution in [3.8, 4) is 0 Å². The maximum Gasteiger partial charge on any atom is 0.279 e. The molecule has 3 nitrogen and oxygen atoms in total. The van der Waals surface area contributed by atoms with Crippen molar-refractivity contribution in [1.82, 2.24) is 4.57 Å². The highest BCUT2D eigenvalue weighted by atomic mass is 35.5. The lowest BCUT2D eigenvalue weighted by atomic mass is 9.87. The maximum absolute atomic E-state index is 12.7. The Labute approximate surface area is 168 Å². The molecule has 1 aromatic heterocycles. The van der Waals surface area contributed by atoms with Gasteiger partial charge in [0, 0.05) is 17.1 Å². The average molecular weight is 399 g/mol. The van der Waals surface area contributed by atoms with Crippen LogP contribution < -0.4 is 4.80 Å². The molecule has 0 atom stereocenters. The molecule has 0 fully saturated rings. The quantitative estimate of drug-likeness (QED) is 0.506. The fourth-order valence-electron chi connectivity index (χ4n) is 2.96. The van der Waals surface area contributed by atoms with E-state index in [9.17, 15) is 4.79 Å². The van der Waals surface area contributed by atoms with Crippen molar-refractivity contribution in [2.24, 2.45) is 4.99 Å². The molecule has 2 aromatic carbocycles. The zero-order valence-electron chi connectivity index (χ0n) is 16.0. The molecule has 3 aromatic rings. The fraction of sp³-hybridized carbons (Fsp3) is 0.273. The van der Waals surface area contributed by atoms with E-state index in [1.54, 1.807) is 6.08 Å². The third kappa shape index (κ3) is 3.92.